The number of rotatable bonds is 5. The minimum absolute atomic E-state index is 0.346. The maximum Gasteiger partial charge on any atom is 0.357 e. The second-order valence-electron chi connectivity index (χ2n) is 3.88. The molecule has 0 saturated carbocycles. The van der Waals surface area contributed by atoms with Gasteiger partial charge in [-0.05, 0) is 12.5 Å². The predicted molar refractivity (Wildman–Crippen MR) is 72.7 cm³/mol. The highest BCUT2D eigenvalue weighted by molar-refractivity contribution is 7.09. The van der Waals surface area contributed by atoms with Crippen molar-refractivity contribution >= 4 is 23.6 Å². The first-order valence-electron chi connectivity index (χ1n) is 5.88. The molecule has 0 bridgehead atoms. The van der Waals surface area contributed by atoms with Crippen LogP contribution in [0.25, 0.3) is 0 Å². The van der Waals surface area contributed by atoms with Crippen LogP contribution >= 0.6 is 11.3 Å². The molecule has 0 fully saturated rings. The second-order valence-corrected chi connectivity index (χ2v) is 4.83. The SMILES string of the molecule is CCOC(=O)c1csc(Cc2ccc(C=O)cc2)n1. The first-order chi connectivity index (χ1) is 9.22. The summed E-state index contributed by atoms with van der Waals surface area (Å²) < 4.78 is 4.89. The maximum atomic E-state index is 11.5. The molecule has 0 spiro atoms. The highest BCUT2D eigenvalue weighted by Crippen LogP contribution is 2.16. The van der Waals surface area contributed by atoms with E-state index < -0.39 is 0 Å². The predicted octanol–water partition coefficient (Wildman–Crippen LogP) is 2.72. The first-order valence-corrected chi connectivity index (χ1v) is 6.76. The number of thiazole rings is 1. The Balaban J connectivity index is 2.06. The van der Waals surface area contributed by atoms with E-state index in [-0.39, 0.29) is 5.97 Å². The number of aldehydes is 1. The molecule has 2 aromatic rings. The highest BCUT2D eigenvalue weighted by Gasteiger charge is 2.11. The monoisotopic (exact) mass is 275 g/mol. The van der Waals surface area contributed by atoms with Crippen molar-refractivity contribution in [1.82, 2.24) is 4.98 Å². The Labute approximate surface area is 115 Å². The average molecular weight is 275 g/mol. The van der Waals surface area contributed by atoms with Crippen LogP contribution in [0.1, 0.15) is 38.3 Å². The van der Waals surface area contributed by atoms with Gasteiger partial charge in [0.25, 0.3) is 0 Å². The van der Waals surface area contributed by atoms with Gasteiger partial charge in [0.1, 0.15) is 6.29 Å². The summed E-state index contributed by atoms with van der Waals surface area (Å²) >= 11 is 1.43. The number of esters is 1. The fourth-order valence-corrected chi connectivity index (χ4v) is 2.38. The Morgan fingerprint density at radius 2 is 2.11 bits per heavy atom. The van der Waals surface area contributed by atoms with E-state index in [1.54, 1.807) is 24.4 Å². The van der Waals surface area contributed by atoms with Crippen molar-refractivity contribution in [2.24, 2.45) is 0 Å². The normalized spacial score (nSPS) is 10.2. The molecule has 1 aromatic carbocycles. The lowest BCUT2D eigenvalue weighted by Gasteiger charge is -1.98. The zero-order valence-electron chi connectivity index (χ0n) is 10.5. The van der Waals surface area contributed by atoms with Gasteiger partial charge in [0.2, 0.25) is 0 Å². The number of aromatic nitrogens is 1. The number of benzene rings is 1. The van der Waals surface area contributed by atoms with Gasteiger partial charge in [-0.3, -0.25) is 4.79 Å². The van der Waals surface area contributed by atoms with Gasteiger partial charge >= 0.3 is 5.97 Å². The van der Waals surface area contributed by atoms with Crippen molar-refractivity contribution in [2.75, 3.05) is 6.61 Å². The van der Waals surface area contributed by atoms with Gasteiger partial charge in [-0.1, -0.05) is 24.3 Å². The van der Waals surface area contributed by atoms with E-state index in [2.05, 4.69) is 4.98 Å². The summed E-state index contributed by atoms with van der Waals surface area (Å²) in [4.78, 5) is 26.3. The largest absolute Gasteiger partial charge is 0.461 e. The van der Waals surface area contributed by atoms with Crippen LogP contribution in [0.4, 0.5) is 0 Å². The maximum absolute atomic E-state index is 11.5. The molecule has 0 atom stereocenters. The molecule has 0 N–H and O–H groups in total. The Morgan fingerprint density at radius 3 is 2.74 bits per heavy atom. The first kappa shape index (κ1) is 13.4. The smallest absolute Gasteiger partial charge is 0.357 e. The molecule has 0 amide bonds. The van der Waals surface area contributed by atoms with Crippen LogP contribution in [0, 0.1) is 0 Å². The van der Waals surface area contributed by atoms with Crippen LogP contribution in [0.5, 0.6) is 0 Å². The van der Waals surface area contributed by atoms with E-state index >= 15 is 0 Å². The van der Waals surface area contributed by atoms with E-state index in [1.807, 2.05) is 12.1 Å². The van der Waals surface area contributed by atoms with Crippen LogP contribution in [-0.4, -0.2) is 23.8 Å². The van der Waals surface area contributed by atoms with Crippen molar-refractivity contribution in [2.45, 2.75) is 13.3 Å². The van der Waals surface area contributed by atoms with Crippen LogP contribution in [0.15, 0.2) is 29.6 Å². The van der Waals surface area contributed by atoms with Gasteiger partial charge in [0.15, 0.2) is 5.69 Å². The van der Waals surface area contributed by atoms with Gasteiger partial charge in [-0.2, -0.15) is 0 Å². The number of nitrogens with zero attached hydrogens (tertiary/aromatic N) is 1. The molecule has 5 heteroatoms. The third-order valence-electron chi connectivity index (χ3n) is 2.51. The molecule has 0 unspecified atom stereocenters. The minimum atomic E-state index is -0.388. The summed E-state index contributed by atoms with van der Waals surface area (Å²) in [7, 11) is 0. The Hall–Kier alpha value is -2.01. The summed E-state index contributed by atoms with van der Waals surface area (Å²) in [6.45, 7) is 2.11. The van der Waals surface area contributed by atoms with Crippen LogP contribution in [0.2, 0.25) is 0 Å². The Morgan fingerprint density at radius 1 is 1.37 bits per heavy atom. The van der Waals surface area contributed by atoms with Crippen molar-refractivity contribution in [1.29, 1.82) is 0 Å². The third-order valence-corrected chi connectivity index (χ3v) is 3.36. The molecule has 0 aliphatic heterocycles. The zero-order valence-corrected chi connectivity index (χ0v) is 11.3. The van der Waals surface area contributed by atoms with Gasteiger partial charge in [-0.15, -0.1) is 11.3 Å². The van der Waals surface area contributed by atoms with E-state index in [9.17, 15) is 9.59 Å². The Kier molecular flexibility index (Phi) is 4.41. The number of carbonyl (C=O) groups is 2. The number of ether oxygens (including phenoxy) is 1. The molecule has 0 aliphatic carbocycles. The van der Waals surface area contributed by atoms with E-state index in [0.717, 1.165) is 16.9 Å². The van der Waals surface area contributed by atoms with E-state index in [0.29, 0.717) is 24.3 Å². The van der Waals surface area contributed by atoms with Crippen molar-refractivity contribution < 1.29 is 14.3 Å². The summed E-state index contributed by atoms with van der Waals surface area (Å²) in [5.74, 6) is -0.388. The van der Waals surface area contributed by atoms with Gasteiger partial charge in [-0.25, -0.2) is 9.78 Å². The lowest BCUT2D eigenvalue weighted by atomic mass is 10.1. The molecule has 1 aromatic heterocycles. The molecule has 0 saturated heterocycles. The minimum Gasteiger partial charge on any atom is -0.461 e. The standard InChI is InChI=1S/C14H13NO3S/c1-2-18-14(17)12-9-19-13(15-12)7-10-3-5-11(8-16)6-4-10/h3-6,8-9H,2,7H2,1H3. The molecule has 0 radical (unpaired) electrons. The molecular weight excluding hydrogens is 262 g/mol. The molecule has 19 heavy (non-hydrogen) atoms. The average Bonchev–Trinajstić information content (AvgIpc) is 2.88. The fraction of sp³-hybridized carbons (Fsp3) is 0.214. The third kappa shape index (κ3) is 3.48. The van der Waals surface area contributed by atoms with Gasteiger partial charge in [0, 0.05) is 17.4 Å². The van der Waals surface area contributed by atoms with E-state index in [1.165, 1.54) is 11.3 Å². The summed E-state index contributed by atoms with van der Waals surface area (Å²) in [6.07, 6.45) is 1.45. The van der Waals surface area contributed by atoms with E-state index in [4.69, 9.17) is 4.74 Å². The highest BCUT2D eigenvalue weighted by atomic mass is 32.1. The van der Waals surface area contributed by atoms with Crippen molar-refractivity contribution in [3.8, 4) is 0 Å². The number of carbonyl (C=O) groups excluding carboxylic acids is 2. The summed E-state index contributed by atoms with van der Waals surface area (Å²) in [5.41, 5.74) is 2.05. The topological polar surface area (TPSA) is 56.3 Å². The number of hydrogen-bond donors (Lipinski definition) is 0. The molecule has 98 valence electrons. The fourth-order valence-electron chi connectivity index (χ4n) is 1.58. The molecule has 2 rings (SSSR count). The quantitative estimate of drug-likeness (QED) is 0.622. The number of hydrogen-bond acceptors (Lipinski definition) is 5. The Bertz CT molecular complexity index is 575. The van der Waals surface area contributed by atoms with Crippen molar-refractivity contribution in [3.63, 3.8) is 0 Å². The lowest BCUT2D eigenvalue weighted by Crippen LogP contribution is -2.05. The van der Waals surface area contributed by atoms with Crippen LogP contribution < -0.4 is 0 Å². The molecular formula is C14H13NO3S. The summed E-state index contributed by atoms with van der Waals surface area (Å²) in [5, 5.41) is 2.55. The molecule has 1 heterocycles. The van der Waals surface area contributed by atoms with Crippen molar-refractivity contribution in [3.05, 3.63) is 51.5 Å². The molecule has 0 aliphatic rings. The van der Waals surface area contributed by atoms with Crippen LogP contribution in [0.3, 0.4) is 0 Å². The van der Waals surface area contributed by atoms with Gasteiger partial charge < -0.3 is 4.74 Å². The van der Waals surface area contributed by atoms with Crippen LogP contribution in [-0.2, 0) is 11.2 Å². The zero-order chi connectivity index (χ0) is 13.7. The summed E-state index contributed by atoms with van der Waals surface area (Å²) in [6, 6.07) is 7.30. The lowest BCUT2D eigenvalue weighted by molar-refractivity contribution is 0.0520. The van der Waals surface area contributed by atoms with Gasteiger partial charge in [0.05, 0.1) is 11.6 Å². The molecule has 4 nitrogen and oxygen atoms in total. The second kappa shape index (κ2) is 6.24.